The molecule has 0 aliphatic carbocycles. The maximum absolute atomic E-state index is 12.0. The molecule has 3 rings (SSSR count). The number of benzene rings is 1. The molecule has 0 bridgehead atoms. The van der Waals surface area contributed by atoms with E-state index in [-0.39, 0.29) is 11.8 Å². The molecule has 1 aliphatic heterocycles. The van der Waals surface area contributed by atoms with Gasteiger partial charge >= 0.3 is 0 Å². The van der Waals surface area contributed by atoms with E-state index in [2.05, 4.69) is 27.8 Å². The summed E-state index contributed by atoms with van der Waals surface area (Å²) in [5.74, 6) is 0.398. The van der Waals surface area contributed by atoms with Crippen molar-refractivity contribution in [2.24, 2.45) is 0 Å². The van der Waals surface area contributed by atoms with Gasteiger partial charge in [0.1, 0.15) is 0 Å². The third kappa shape index (κ3) is 3.40. The van der Waals surface area contributed by atoms with Crippen molar-refractivity contribution in [2.45, 2.75) is 18.8 Å². The average molecular weight is 281 g/mol. The third-order valence-corrected chi connectivity index (χ3v) is 3.86. The first-order valence-corrected chi connectivity index (χ1v) is 7.31. The van der Waals surface area contributed by atoms with Crippen LogP contribution in [0.25, 0.3) is 0 Å². The Kier molecular flexibility index (Phi) is 4.15. The number of fused-ring (bicyclic) bond motifs is 1. The van der Waals surface area contributed by atoms with Crippen molar-refractivity contribution in [3.8, 4) is 0 Å². The summed E-state index contributed by atoms with van der Waals surface area (Å²) in [7, 11) is 0. The van der Waals surface area contributed by atoms with Crippen LogP contribution >= 0.6 is 0 Å². The molecular formula is C17H19N3O. The molecule has 4 nitrogen and oxygen atoms in total. The van der Waals surface area contributed by atoms with Gasteiger partial charge in [-0.1, -0.05) is 18.2 Å². The molecule has 21 heavy (non-hydrogen) atoms. The number of pyridine rings is 1. The van der Waals surface area contributed by atoms with Crippen molar-refractivity contribution in [1.82, 2.24) is 10.3 Å². The van der Waals surface area contributed by atoms with Gasteiger partial charge in [0.25, 0.3) is 0 Å². The zero-order chi connectivity index (χ0) is 14.5. The van der Waals surface area contributed by atoms with Gasteiger partial charge in [-0.3, -0.25) is 9.78 Å². The van der Waals surface area contributed by atoms with E-state index >= 15 is 0 Å². The maximum Gasteiger partial charge on any atom is 0.220 e. The number of carbonyl (C=O) groups excluding carboxylic acids is 1. The molecule has 0 spiro atoms. The molecule has 2 N–H and O–H groups in total. The lowest BCUT2D eigenvalue weighted by Gasteiger charge is -2.10. The second-order valence-corrected chi connectivity index (χ2v) is 5.32. The number of carbonyl (C=O) groups is 1. The summed E-state index contributed by atoms with van der Waals surface area (Å²) in [6, 6.07) is 12.2. The van der Waals surface area contributed by atoms with Gasteiger partial charge in [0.15, 0.2) is 0 Å². The standard InChI is InChI=1S/C17H19N3O/c21-17(19-10-7-13-5-8-18-9-6-13)11-14-12-20-16-4-2-1-3-15(14)16/h1-6,8-9,14,20H,7,10-12H2,(H,19,21). The van der Waals surface area contributed by atoms with Gasteiger partial charge in [-0.15, -0.1) is 0 Å². The normalized spacial score (nSPS) is 16.1. The van der Waals surface area contributed by atoms with Gasteiger partial charge in [-0.2, -0.15) is 0 Å². The predicted molar refractivity (Wildman–Crippen MR) is 83.2 cm³/mol. The van der Waals surface area contributed by atoms with E-state index < -0.39 is 0 Å². The first kappa shape index (κ1) is 13.6. The Bertz CT molecular complexity index is 612. The van der Waals surface area contributed by atoms with Crippen molar-refractivity contribution in [2.75, 3.05) is 18.4 Å². The highest BCUT2D eigenvalue weighted by molar-refractivity contribution is 5.78. The summed E-state index contributed by atoms with van der Waals surface area (Å²) in [5.41, 5.74) is 3.60. The van der Waals surface area contributed by atoms with Crippen LogP contribution in [0.1, 0.15) is 23.5 Å². The van der Waals surface area contributed by atoms with Crippen LogP contribution in [0.15, 0.2) is 48.8 Å². The quantitative estimate of drug-likeness (QED) is 0.884. The Hall–Kier alpha value is -2.36. The van der Waals surface area contributed by atoms with Crippen LogP contribution in [0.3, 0.4) is 0 Å². The van der Waals surface area contributed by atoms with E-state index in [1.54, 1.807) is 12.4 Å². The van der Waals surface area contributed by atoms with Crippen LogP contribution in [-0.4, -0.2) is 24.0 Å². The molecule has 1 aliphatic rings. The maximum atomic E-state index is 12.0. The van der Waals surface area contributed by atoms with Crippen LogP contribution in [-0.2, 0) is 11.2 Å². The summed E-state index contributed by atoms with van der Waals surface area (Å²) in [6.45, 7) is 1.52. The van der Waals surface area contributed by atoms with Crippen molar-refractivity contribution in [3.63, 3.8) is 0 Å². The number of anilines is 1. The zero-order valence-electron chi connectivity index (χ0n) is 11.9. The van der Waals surface area contributed by atoms with E-state index in [0.29, 0.717) is 13.0 Å². The Morgan fingerprint density at radius 1 is 1.24 bits per heavy atom. The summed E-state index contributed by atoms with van der Waals surface area (Å²) in [4.78, 5) is 16.0. The van der Waals surface area contributed by atoms with Gasteiger partial charge < -0.3 is 10.6 Å². The van der Waals surface area contributed by atoms with E-state index in [1.807, 2.05) is 24.3 Å². The fraction of sp³-hybridized carbons (Fsp3) is 0.294. The van der Waals surface area contributed by atoms with Gasteiger partial charge in [0.2, 0.25) is 5.91 Å². The zero-order valence-corrected chi connectivity index (χ0v) is 11.9. The molecule has 2 heterocycles. The van der Waals surface area contributed by atoms with Crippen LogP contribution in [0.4, 0.5) is 5.69 Å². The summed E-state index contributed by atoms with van der Waals surface area (Å²) in [6.07, 6.45) is 4.94. The largest absolute Gasteiger partial charge is 0.384 e. The predicted octanol–water partition coefficient (Wildman–Crippen LogP) is 2.34. The molecule has 1 unspecified atom stereocenters. The van der Waals surface area contributed by atoms with E-state index in [1.165, 1.54) is 11.1 Å². The molecule has 0 radical (unpaired) electrons. The highest BCUT2D eigenvalue weighted by Crippen LogP contribution is 2.32. The molecule has 1 aromatic heterocycles. The lowest BCUT2D eigenvalue weighted by atomic mass is 9.97. The summed E-state index contributed by atoms with van der Waals surface area (Å²) in [5, 5.41) is 6.35. The minimum atomic E-state index is 0.118. The first-order chi connectivity index (χ1) is 10.3. The van der Waals surface area contributed by atoms with Crippen LogP contribution in [0.2, 0.25) is 0 Å². The minimum absolute atomic E-state index is 0.118. The number of nitrogens with zero attached hydrogens (tertiary/aromatic N) is 1. The topological polar surface area (TPSA) is 54.0 Å². The van der Waals surface area contributed by atoms with Crippen molar-refractivity contribution in [3.05, 3.63) is 59.9 Å². The number of nitrogens with one attached hydrogen (secondary N) is 2. The molecule has 1 atom stereocenters. The average Bonchev–Trinajstić information content (AvgIpc) is 2.92. The van der Waals surface area contributed by atoms with Crippen LogP contribution in [0.5, 0.6) is 0 Å². The highest BCUT2D eigenvalue weighted by Gasteiger charge is 2.23. The van der Waals surface area contributed by atoms with Gasteiger partial charge in [-0.05, 0) is 35.7 Å². The first-order valence-electron chi connectivity index (χ1n) is 7.31. The number of amides is 1. The van der Waals surface area contributed by atoms with Gasteiger partial charge in [0.05, 0.1) is 0 Å². The Balaban J connectivity index is 1.47. The highest BCUT2D eigenvalue weighted by atomic mass is 16.1. The molecule has 0 saturated heterocycles. The Morgan fingerprint density at radius 3 is 2.90 bits per heavy atom. The lowest BCUT2D eigenvalue weighted by Crippen LogP contribution is -2.27. The Labute approximate surface area is 124 Å². The van der Waals surface area contributed by atoms with E-state index in [9.17, 15) is 4.79 Å². The molecule has 1 aromatic carbocycles. The number of aromatic nitrogens is 1. The van der Waals surface area contributed by atoms with Crippen LogP contribution < -0.4 is 10.6 Å². The van der Waals surface area contributed by atoms with Crippen LogP contribution in [0, 0.1) is 0 Å². The summed E-state index contributed by atoms with van der Waals surface area (Å²) >= 11 is 0. The molecular weight excluding hydrogens is 262 g/mol. The monoisotopic (exact) mass is 281 g/mol. The van der Waals surface area contributed by atoms with Gasteiger partial charge in [0, 0.05) is 43.5 Å². The summed E-state index contributed by atoms with van der Waals surface area (Å²) < 4.78 is 0. The van der Waals surface area contributed by atoms with Gasteiger partial charge in [-0.25, -0.2) is 0 Å². The molecule has 1 amide bonds. The fourth-order valence-electron chi connectivity index (χ4n) is 2.73. The second kappa shape index (κ2) is 6.39. The number of para-hydroxylation sites is 1. The van der Waals surface area contributed by atoms with E-state index in [4.69, 9.17) is 0 Å². The van der Waals surface area contributed by atoms with Crippen molar-refractivity contribution in [1.29, 1.82) is 0 Å². The smallest absolute Gasteiger partial charge is 0.220 e. The lowest BCUT2D eigenvalue weighted by molar-refractivity contribution is -0.121. The fourth-order valence-corrected chi connectivity index (χ4v) is 2.73. The van der Waals surface area contributed by atoms with E-state index in [0.717, 1.165) is 18.7 Å². The van der Waals surface area contributed by atoms with Crippen molar-refractivity contribution < 1.29 is 4.79 Å². The molecule has 0 fully saturated rings. The second-order valence-electron chi connectivity index (χ2n) is 5.32. The number of hydrogen-bond donors (Lipinski definition) is 2. The molecule has 2 aromatic rings. The Morgan fingerprint density at radius 2 is 2.05 bits per heavy atom. The molecule has 4 heteroatoms. The number of rotatable bonds is 5. The third-order valence-electron chi connectivity index (χ3n) is 3.86. The minimum Gasteiger partial charge on any atom is -0.384 e. The number of hydrogen-bond acceptors (Lipinski definition) is 3. The van der Waals surface area contributed by atoms with Crippen molar-refractivity contribution >= 4 is 11.6 Å². The molecule has 0 saturated carbocycles. The SMILES string of the molecule is O=C(CC1CNc2ccccc21)NCCc1ccncc1. The molecule has 108 valence electrons.